The van der Waals surface area contributed by atoms with E-state index in [1.54, 1.807) is 4.90 Å². The van der Waals surface area contributed by atoms with Gasteiger partial charge in [-0.05, 0) is 32.2 Å². The van der Waals surface area contributed by atoms with Crippen LogP contribution in [0.4, 0.5) is 0 Å². The van der Waals surface area contributed by atoms with Crippen LogP contribution in [0, 0.1) is 0 Å². The molecule has 0 aliphatic heterocycles. The highest BCUT2D eigenvalue weighted by molar-refractivity contribution is 5.77. The van der Waals surface area contributed by atoms with Gasteiger partial charge >= 0.3 is 0 Å². The minimum absolute atomic E-state index is 0.191. The van der Waals surface area contributed by atoms with Crippen LogP contribution in [0.1, 0.15) is 32.6 Å². The molecular formula is C12H25N3O. The highest BCUT2D eigenvalue weighted by Crippen LogP contribution is 2.21. The van der Waals surface area contributed by atoms with E-state index < -0.39 is 0 Å². The Morgan fingerprint density at radius 2 is 1.81 bits per heavy atom. The van der Waals surface area contributed by atoms with Crippen molar-refractivity contribution in [3.63, 3.8) is 0 Å². The van der Waals surface area contributed by atoms with E-state index in [2.05, 4.69) is 11.8 Å². The summed E-state index contributed by atoms with van der Waals surface area (Å²) in [5.74, 6) is 0.191. The molecule has 0 aromatic carbocycles. The zero-order valence-electron chi connectivity index (χ0n) is 10.8. The van der Waals surface area contributed by atoms with Crippen LogP contribution < -0.4 is 5.73 Å². The minimum Gasteiger partial charge on any atom is -0.348 e. The number of hydrogen-bond donors (Lipinski definition) is 1. The Kier molecular flexibility index (Phi) is 5.22. The number of carbonyl (C=O) groups excluding carboxylic acids is 1. The first-order valence-corrected chi connectivity index (χ1v) is 6.24. The SMILES string of the molecule is CCN(CC(=O)N(C)C)C1CCC(N)CC1. The molecule has 1 rings (SSSR count). The van der Waals surface area contributed by atoms with Crippen molar-refractivity contribution < 1.29 is 4.79 Å². The van der Waals surface area contributed by atoms with Crippen LogP contribution in [0.5, 0.6) is 0 Å². The van der Waals surface area contributed by atoms with Crippen molar-refractivity contribution >= 4 is 5.91 Å². The van der Waals surface area contributed by atoms with Crippen molar-refractivity contribution in [1.29, 1.82) is 0 Å². The number of rotatable bonds is 4. The quantitative estimate of drug-likeness (QED) is 0.768. The summed E-state index contributed by atoms with van der Waals surface area (Å²) in [6.45, 7) is 3.61. The Labute approximate surface area is 98.8 Å². The van der Waals surface area contributed by atoms with Gasteiger partial charge in [-0.25, -0.2) is 0 Å². The highest BCUT2D eigenvalue weighted by Gasteiger charge is 2.24. The van der Waals surface area contributed by atoms with Crippen LogP contribution in [0.15, 0.2) is 0 Å². The summed E-state index contributed by atoms with van der Waals surface area (Å²) >= 11 is 0. The Hall–Kier alpha value is -0.610. The summed E-state index contributed by atoms with van der Waals surface area (Å²) in [6, 6.07) is 0.924. The van der Waals surface area contributed by atoms with Gasteiger partial charge in [0.1, 0.15) is 0 Å². The maximum atomic E-state index is 11.7. The molecule has 0 radical (unpaired) electrons. The summed E-state index contributed by atoms with van der Waals surface area (Å²) in [6.07, 6.45) is 4.46. The molecule has 1 aliphatic rings. The van der Waals surface area contributed by atoms with Crippen molar-refractivity contribution in [2.24, 2.45) is 5.73 Å². The van der Waals surface area contributed by atoms with Gasteiger partial charge in [0.2, 0.25) is 5.91 Å². The largest absolute Gasteiger partial charge is 0.348 e. The third-order valence-corrected chi connectivity index (χ3v) is 3.50. The van der Waals surface area contributed by atoms with E-state index >= 15 is 0 Å². The van der Waals surface area contributed by atoms with Crippen molar-refractivity contribution in [2.45, 2.75) is 44.7 Å². The molecular weight excluding hydrogens is 202 g/mol. The Morgan fingerprint density at radius 1 is 1.25 bits per heavy atom. The number of nitrogens with zero attached hydrogens (tertiary/aromatic N) is 2. The lowest BCUT2D eigenvalue weighted by Gasteiger charge is -2.35. The van der Waals surface area contributed by atoms with E-state index in [0.29, 0.717) is 18.6 Å². The van der Waals surface area contributed by atoms with Crippen LogP contribution in [-0.2, 0) is 4.79 Å². The van der Waals surface area contributed by atoms with Gasteiger partial charge in [0.25, 0.3) is 0 Å². The lowest BCUT2D eigenvalue weighted by atomic mass is 9.90. The van der Waals surface area contributed by atoms with E-state index in [-0.39, 0.29) is 5.91 Å². The molecule has 0 heterocycles. The number of nitrogens with two attached hydrogens (primary N) is 1. The topological polar surface area (TPSA) is 49.6 Å². The van der Waals surface area contributed by atoms with Crippen LogP contribution in [-0.4, -0.2) is 55.0 Å². The lowest BCUT2D eigenvalue weighted by Crippen LogP contribution is -2.45. The van der Waals surface area contributed by atoms with Gasteiger partial charge in [0, 0.05) is 26.2 Å². The molecule has 1 fully saturated rings. The summed E-state index contributed by atoms with van der Waals surface area (Å²) < 4.78 is 0. The Bertz CT molecular complexity index is 222. The fourth-order valence-electron chi connectivity index (χ4n) is 2.28. The molecule has 4 nitrogen and oxygen atoms in total. The van der Waals surface area contributed by atoms with E-state index in [1.165, 1.54) is 0 Å². The minimum atomic E-state index is 0.191. The van der Waals surface area contributed by atoms with E-state index in [0.717, 1.165) is 32.2 Å². The summed E-state index contributed by atoms with van der Waals surface area (Å²) in [4.78, 5) is 15.6. The lowest BCUT2D eigenvalue weighted by molar-refractivity contribution is -0.130. The monoisotopic (exact) mass is 227 g/mol. The smallest absolute Gasteiger partial charge is 0.236 e. The molecule has 1 amide bonds. The summed E-state index contributed by atoms with van der Waals surface area (Å²) in [5, 5.41) is 0. The normalized spacial score (nSPS) is 25.8. The predicted octanol–water partition coefficient (Wildman–Crippen LogP) is 0.666. The molecule has 0 atom stereocenters. The maximum absolute atomic E-state index is 11.7. The number of amides is 1. The standard InChI is InChI=1S/C12H25N3O/c1-4-15(9-12(16)14(2)3)11-7-5-10(13)6-8-11/h10-11H,4-9,13H2,1-3H3. The predicted molar refractivity (Wildman–Crippen MR) is 66.2 cm³/mol. The average molecular weight is 227 g/mol. The van der Waals surface area contributed by atoms with E-state index in [4.69, 9.17) is 5.73 Å². The third kappa shape index (κ3) is 3.76. The highest BCUT2D eigenvalue weighted by atomic mass is 16.2. The van der Waals surface area contributed by atoms with Gasteiger partial charge in [-0.2, -0.15) is 0 Å². The Balaban J connectivity index is 2.44. The van der Waals surface area contributed by atoms with E-state index in [9.17, 15) is 4.79 Å². The zero-order valence-corrected chi connectivity index (χ0v) is 10.8. The fourth-order valence-corrected chi connectivity index (χ4v) is 2.28. The second-order valence-electron chi connectivity index (χ2n) is 4.92. The van der Waals surface area contributed by atoms with Crippen molar-refractivity contribution in [3.8, 4) is 0 Å². The molecule has 0 aromatic heterocycles. The zero-order chi connectivity index (χ0) is 12.1. The number of likely N-dealkylation sites (N-methyl/N-ethyl adjacent to an activating group) is 2. The molecule has 1 aliphatic carbocycles. The van der Waals surface area contributed by atoms with Gasteiger partial charge in [-0.1, -0.05) is 6.92 Å². The van der Waals surface area contributed by atoms with Crippen LogP contribution >= 0.6 is 0 Å². The first-order chi connectivity index (χ1) is 7.54. The molecule has 0 bridgehead atoms. The summed E-state index contributed by atoms with van der Waals surface area (Å²) in [7, 11) is 3.62. The second-order valence-corrected chi connectivity index (χ2v) is 4.92. The molecule has 0 spiro atoms. The molecule has 0 unspecified atom stereocenters. The molecule has 0 aromatic rings. The molecule has 0 saturated heterocycles. The molecule has 2 N–H and O–H groups in total. The van der Waals surface area contributed by atoms with Crippen LogP contribution in [0.3, 0.4) is 0 Å². The van der Waals surface area contributed by atoms with Crippen molar-refractivity contribution in [1.82, 2.24) is 9.80 Å². The first kappa shape index (κ1) is 13.5. The molecule has 16 heavy (non-hydrogen) atoms. The van der Waals surface area contributed by atoms with Gasteiger partial charge in [0.05, 0.1) is 6.54 Å². The van der Waals surface area contributed by atoms with Gasteiger partial charge in [-0.15, -0.1) is 0 Å². The number of hydrogen-bond acceptors (Lipinski definition) is 3. The molecule has 1 saturated carbocycles. The fraction of sp³-hybridized carbons (Fsp3) is 0.917. The second kappa shape index (κ2) is 6.21. The molecule has 94 valence electrons. The average Bonchev–Trinajstić information content (AvgIpc) is 2.26. The van der Waals surface area contributed by atoms with Crippen molar-refractivity contribution in [2.75, 3.05) is 27.2 Å². The molecule has 4 heteroatoms. The van der Waals surface area contributed by atoms with Crippen molar-refractivity contribution in [3.05, 3.63) is 0 Å². The van der Waals surface area contributed by atoms with Crippen LogP contribution in [0.2, 0.25) is 0 Å². The maximum Gasteiger partial charge on any atom is 0.236 e. The van der Waals surface area contributed by atoms with E-state index in [1.807, 2.05) is 14.1 Å². The Morgan fingerprint density at radius 3 is 2.25 bits per heavy atom. The van der Waals surface area contributed by atoms with Gasteiger partial charge in [0.15, 0.2) is 0 Å². The number of carbonyl (C=O) groups is 1. The summed E-state index contributed by atoms with van der Waals surface area (Å²) in [5.41, 5.74) is 5.89. The van der Waals surface area contributed by atoms with Gasteiger partial charge < -0.3 is 10.6 Å². The van der Waals surface area contributed by atoms with Gasteiger partial charge in [-0.3, -0.25) is 9.69 Å². The van der Waals surface area contributed by atoms with Crippen LogP contribution in [0.25, 0.3) is 0 Å². The first-order valence-electron chi connectivity index (χ1n) is 6.24. The third-order valence-electron chi connectivity index (χ3n) is 3.50.